The molecule has 0 aliphatic rings. The van der Waals surface area contributed by atoms with Crippen LogP contribution in [0.15, 0.2) is 24.3 Å². The van der Waals surface area contributed by atoms with E-state index in [1.807, 2.05) is 0 Å². The van der Waals surface area contributed by atoms with Crippen LogP contribution >= 0.6 is 0 Å². The fourth-order valence-corrected chi connectivity index (χ4v) is 0.995. The van der Waals surface area contributed by atoms with Crippen LogP contribution in [0.3, 0.4) is 0 Å². The highest BCUT2D eigenvalue weighted by molar-refractivity contribution is 5.32. The van der Waals surface area contributed by atoms with Gasteiger partial charge in [-0.15, -0.1) is 0 Å². The average Bonchev–Trinajstić information content (AvgIpc) is 1.91. The summed E-state index contributed by atoms with van der Waals surface area (Å²) in [4.78, 5) is 0. The van der Waals surface area contributed by atoms with Crippen LogP contribution < -0.4 is 0 Å². The van der Waals surface area contributed by atoms with Gasteiger partial charge in [0.1, 0.15) is 5.75 Å². The normalized spacial score (nSPS) is 11.6. The molecule has 3 heteroatoms. The quantitative estimate of drug-likeness (QED) is 0.726. The lowest BCUT2D eigenvalue weighted by atomic mass is 10.1. The number of rotatable bonds is 2. The lowest BCUT2D eigenvalue weighted by Crippen LogP contribution is -2.13. The van der Waals surface area contributed by atoms with E-state index in [0.29, 0.717) is 0 Å². The number of benzene rings is 1. The second kappa shape index (κ2) is 3.09. The van der Waals surface area contributed by atoms with Gasteiger partial charge >= 0.3 is 0 Å². The monoisotopic (exact) mass is 172 g/mol. The largest absolute Gasteiger partial charge is 0.508 e. The van der Waals surface area contributed by atoms with Crippen molar-refractivity contribution in [2.75, 3.05) is 0 Å². The molecule has 1 N–H and O–H groups in total. The molecule has 0 aliphatic carbocycles. The first kappa shape index (κ1) is 8.97. The molecule has 0 aliphatic heterocycles. The van der Waals surface area contributed by atoms with Gasteiger partial charge in [0.25, 0.3) is 0 Å². The van der Waals surface area contributed by atoms with Crippen LogP contribution in [-0.2, 0) is 6.42 Å². The molecule has 0 saturated heterocycles. The number of hydrogen-bond donors (Lipinski definition) is 1. The van der Waals surface area contributed by atoms with Gasteiger partial charge in [-0.3, -0.25) is 0 Å². The van der Waals surface area contributed by atoms with Crippen molar-refractivity contribution in [2.45, 2.75) is 19.3 Å². The van der Waals surface area contributed by atoms with Gasteiger partial charge in [0.2, 0.25) is 5.92 Å². The number of para-hydroxylation sites is 1. The van der Waals surface area contributed by atoms with Gasteiger partial charge in [-0.25, -0.2) is 8.78 Å². The maximum Gasteiger partial charge on any atom is 0.249 e. The zero-order valence-electron chi connectivity index (χ0n) is 6.72. The number of phenolic OH excluding ortho intramolecular Hbond substituents is 1. The lowest BCUT2D eigenvalue weighted by Gasteiger charge is -2.10. The minimum Gasteiger partial charge on any atom is -0.508 e. The van der Waals surface area contributed by atoms with Crippen molar-refractivity contribution in [2.24, 2.45) is 0 Å². The Balaban J connectivity index is 2.83. The Bertz CT molecular complexity index is 265. The predicted molar refractivity (Wildman–Crippen MR) is 42.4 cm³/mol. The van der Waals surface area contributed by atoms with Crippen LogP contribution in [0.2, 0.25) is 0 Å². The van der Waals surface area contributed by atoms with Crippen LogP contribution in [0.25, 0.3) is 0 Å². The summed E-state index contributed by atoms with van der Waals surface area (Å²) >= 11 is 0. The van der Waals surface area contributed by atoms with E-state index < -0.39 is 12.3 Å². The van der Waals surface area contributed by atoms with E-state index in [1.54, 1.807) is 12.1 Å². The van der Waals surface area contributed by atoms with Crippen LogP contribution in [0.5, 0.6) is 5.75 Å². The molecule has 0 radical (unpaired) electrons. The number of hydrogen-bond acceptors (Lipinski definition) is 1. The topological polar surface area (TPSA) is 20.2 Å². The number of aromatic hydroxyl groups is 1. The maximum absolute atomic E-state index is 12.5. The summed E-state index contributed by atoms with van der Waals surface area (Å²) in [7, 11) is 0. The average molecular weight is 172 g/mol. The molecular formula is C9H10F2O. The molecule has 0 spiro atoms. The van der Waals surface area contributed by atoms with Crippen molar-refractivity contribution >= 4 is 0 Å². The summed E-state index contributed by atoms with van der Waals surface area (Å²) in [6.07, 6.45) is -0.417. The Hall–Kier alpha value is -1.12. The summed E-state index contributed by atoms with van der Waals surface area (Å²) in [6, 6.07) is 6.13. The standard InChI is InChI=1S/C9H10F2O/c1-9(10,11)6-7-4-2-3-5-8(7)12/h2-5,12H,6H2,1H3. The zero-order valence-corrected chi connectivity index (χ0v) is 6.72. The minimum absolute atomic E-state index is 0.0703. The van der Waals surface area contributed by atoms with Crippen LogP contribution in [0, 0.1) is 0 Å². The molecule has 0 bridgehead atoms. The van der Waals surface area contributed by atoms with Gasteiger partial charge in [0.05, 0.1) is 0 Å². The molecule has 1 aromatic carbocycles. The van der Waals surface area contributed by atoms with Crippen molar-refractivity contribution in [3.63, 3.8) is 0 Å². The molecule has 1 rings (SSSR count). The lowest BCUT2D eigenvalue weighted by molar-refractivity contribution is 0.0220. The fourth-order valence-electron chi connectivity index (χ4n) is 0.995. The molecule has 0 amide bonds. The third-order valence-corrected chi connectivity index (χ3v) is 1.49. The van der Waals surface area contributed by atoms with Crippen LogP contribution in [-0.4, -0.2) is 11.0 Å². The van der Waals surface area contributed by atoms with E-state index in [9.17, 15) is 8.78 Å². The summed E-state index contributed by atoms with van der Waals surface area (Å²) in [5.41, 5.74) is 0.282. The zero-order chi connectivity index (χ0) is 9.19. The van der Waals surface area contributed by atoms with Gasteiger partial charge in [-0.1, -0.05) is 18.2 Å². The highest BCUT2D eigenvalue weighted by atomic mass is 19.3. The number of halogens is 2. The van der Waals surface area contributed by atoms with Gasteiger partial charge in [0, 0.05) is 6.42 Å². The Labute approximate surface area is 69.7 Å². The molecule has 0 saturated carbocycles. The van der Waals surface area contributed by atoms with Gasteiger partial charge < -0.3 is 5.11 Å². The predicted octanol–water partition coefficient (Wildman–Crippen LogP) is 2.59. The van der Waals surface area contributed by atoms with E-state index in [4.69, 9.17) is 5.11 Å². The molecule has 0 unspecified atom stereocenters. The Morgan fingerprint density at radius 1 is 1.33 bits per heavy atom. The third kappa shape index (κ3) is 2.49. The molecule has 0 atom stereocenters. The molecule has 0 heterocycles. The first-order valence-electron chi connectivity index (χ1n) is 3.64. The second-order valence-corrected chi connectivity index (χ2v) is 2.88. The Morgan fingerprint density at radius 2 is 1.92 bits per heavy atom. The van der Waals surface area contributed by atoms with Crippen molar-refractivity contribution in [3.05, 3.63) is 29.8 Å². The number of phenols is 1. The number of alkyl halides is 2. The Morgan fingerprint density at radius 3 is 2.42 bits per heavy atom. The van der Waals surface area contributed by atoms with Crippen molar-refractivity contribution in [1.82, 2.24) is 0 Å². The summed E-state index contributed by atoms with van der Waals surface area (Å²) < 4.78 is 25.0. The molecule has 12 heavy (non-hydrogen) atoms. The molecular weight excluding hydrogens is 162 g/mol. The molecule has 1 aromatic rings. The van der Waals surface area contributed by atoms with E-state index >= 15 is 0 Å². The second-order valence-electron chi connectivity index (χ2n) is 2.88. The van der Waals surface area contributed by atoms with E-state index in [0.717, 1.165) is 6.92 Å². The summed E-state index contributed by atoms with van der Waals surface area (Å²) in [6.45, 7) is 0.833. The first-order chi connectivity index (χ1) is 5.49. The highest BCUT2D eigenvalue weighted by Gasteiger charge is 2.22. The van der Waals surface area contributed by atoms with Crippen molar-refractivity contribution < 1.29 is 13.9 Å². The van der Waals surface area contributed by atoms with Gasteiger partial charge in [0.15, 0.2) is 0 Å². The van der Waals surface area contributed by atoms with E-state index in [-0.39, 0.29) is 11.3 Å². The first-order valence-corrected chi connectivity index (χ1v) is 3.64. The summed E-state index contributed by atoms with van der Waals surface area (Å²) in [5, 5.41) is 9.14. The van der Waals surface area contributed by atoms with E-state index in [1.165, 1.54) is 12.1 Å². The van der Waals surface area contributed by atoms with Crippen LogP contribution in [0.1, 0.15) is 12.5 Å². The van der Waals surface area contributed by atoms with Crippen LogP contribution in [0.4, 0.5) is 8.78 Å². The van der Waals surface area contributed by atoms with Crippen molar-refractivity contribution in [1.29, 1.82) is 0 Å². The molecule has 66 valence electrons. The molecule has 0 fully saturated rings. The maximum atomic E-state index is 12.5. The van der Waals surface area contributed by atoms with Crippen molar-refractivity contribution in [3.8, 4) is 5.75 Å². The van der Waals surface area contributed by atoms with Gasteiger partial charge in [-0.2, -0.15) is 0 Å². The van der Waals surface area contributed by atoms with Gasteiger partial charge in [-0.05, 0) is 18.6 Å². The Kier molecular flexibility index (Phi) is 2.31. The minimum atomic E-state index is -2.77. The molecule has 1 nitrogen and oxygen atoms in total. The SMILES string of the molecule is CC(F)(F)Cc1ccccc1O. The van der Waals surface area contributed by atoms with E-state index in [2.05, 4.69) is 0 Å². The molecule has 0 aromatic heterocycles. The highest BCUT2D eigenvalue weighted by Crippen LogP contribution is 2.24. The fraction of sp³-hybridized carbons (Fsp3) is 0.333. The summed E-state index contributed by atoms with van der Waals surface area (Å²) in [5.74, 6) is -2.84. The smallest absolute Gasteiger partial charge is 0.249 e. The third-order valence-electron chi connectivity index (χ3n) is 1.49.